The molecule has 0 spiro atoms. The Morgan fingerprint density at radius 2 is 2.00 bits per heavy atom. The molecule has 4 aromatic rings. The van der Waals surface area contributed by atoms with E-state index in [0.717, 1.165) is 56.7 Å². The highest BCUT2D eigenvalue weighted by atomic mass is 19.4. The normalized spacial score (nSPS) is 15.7. The van der Waals surface area contributed by atoms with Crippen molar-refractivity contribution in [2.45, 2.75) is 19.0 Å². The van der Waals surface area contributed by atoms with E-state index in [-0.39, 0.29) is 12.3 Å². The number of rotatable bonds is 3. The van der Waals surface area contributed by atoms with Crippen LogP contribution in [0.1, 0.15) is 16.7 Å². The molecule has 4 N–H and O–H groups in total. The topological polar surface area (TPSA) is 82.6 Å². The molecule has 1 aliphatic rings. The smallest absolute Gasteiger partial charge is 0.382 e. The second-order valence-electron chi connectivity index (χ2n) is 8.26. The van der Waals surface area contributed by atoms with Gasteiger partial charge in [-0.2, -0.15) is 23.2 Å². The molecule has 1 amide bonds. The van der Waals surface area contributed by atoms with E-state index in [9.17, 15) is 18.0 Å². The van der Waals surface area contributed by atoms with E-state index in [4.69, 9.17) is 5.73 Å². The van der Waals surface area contributed by atoms with Crippen molar-refractivity contribution < 1.29 is 22.9 Å². The van der Waals surface area contributed by atoms with Gasteiger partial charge in [-0.15, -0.1) is 0 Å². The molecule has 1 atom stereocenters. The summed E-state index contributed by atoms with van der Waals surface area (Å²) in [6.07, 6.45) is -0.140. The summed E-state index contributed by atoms with van der Waals surface area (Å²) in [5.74, 6) is 0.533. The highest BCUT2D eigenvalue weighted by Gasteiger charge is 2.36. The Hall–Kier alpha value is -3.72. The van der Waals surface area contributed by atoms with Gasteiger partial charge >= 0.3 is 12.1 Å². The number of halogens is 3. The Kier molecular flexibility index (Phi) is 4.93. The fourth-order valence-electron chi connectivity index (χ4n) is 4.56. The summed E-state index contributed by atoms with van der Waals surface area (Å²) >= 11 is 0. The number of quaternary nitrogens is 1. The van der Waals surface area contributed by atoms with Crippen molar-refractivity contribution in [3.8, 4) is 11.1 Å². The minimum absolute atomic E-state index is 0.0515. The summed E-state index contributed by atoms with van der Waals surface area (Å²) in [6, 6.07) is 11.0. The van der Waals surface area contributed by atoms with Crippen molar-refractivity contribution in [2.24, 2.45) is 7.05 Å². The number of fused-ring (bicyclic) bond motifs is 2. The van der Waals surface area contributed by atoms with Gasteiger partial charge in [-0.3, -0.25) is 9.67 Å². The highest BCUT2D eigenvalue weighted by molar-refractivity contribution is 6.01. The third kappa shape index (κ3) is 3.74. The molecule has 168 valence electrons. The molecule has 0 fully saturated rings. The first-order chi connectivity index (χ1) is 15.7. The number of amides is 1. The van der Waals surface area contributed by atoms with Gasteiger partial charge < -0.3 is 5.73 Å². The first-order valence-electron chi connectivity index (χ1n) is 10.5. The van der Waals surface area contributed by atoms with E-state index in [0.29, 0.717) is 17.9 Å². The van der Waals surface area contributed by atoms with E-state index >= 15 is 0 Å². The molecule has 1 unspecified atom stereocenters. The minimum atomic E-state index is -4.41. The number of carbonyl (C=O) groups excluding carboxylic acids is 1. The van der Waals surface area contributed by atoms with Crippen LogP contribution < -0.4 is 10.6 Å². The van der Waals surface area contributed by atoms with Crippen molar-refractivity contribution in [3.05, 3.63) is 71.5 Å². The maximum Gasteiger partial charge on any atom is 0.488 e. The van der Waals surface area contributed by atoms with Crippen LogP contribution in [0, 0.1) is 0 Å². The molecule has 2 aromatic heterocycles. The molecular weight excluding hydrogens is 431 g/mol. The Balaban J connectivity index is 1.43. The van der Waals surface area contributed by atoms with Crippen LogP contribution >= 0.6 is 0 Å². The molecule has 0 aliphatic carbocycles. The van der Waals surface area contributed by atoms with Crippen molar-refractivity contribution in [1.82, 2.24) is 14.8 Å². The minimum Gasteiger partial charge on any atom is -0.382 e. The first kappa shape index (κ1) is 21.1. The summed E-state index contributed by atoms with van der Waals surface area (Å²) in [6.45, 7) is 0.626. The second kappa shape index (κ2) is 7.70. The number of nitrogens with one attached hydrogen (secondary N) is 1. The summed E-state index contributed by atoms with van der Waals surface area (Å²) in [4.78, 5) is 15.9. The Bertz CT molecular complexity index is 1390. The number of hydrogen-bond acceptors (Lipinski definition) is 3. The van der Waals surface area contributed by atoms with Crippen LogP contribution in [0.5, 0.6) is 0 Å². The Morgan fingerprint density at radius 1 is 1.18 bits per heavy atom. The average molecular weight is 453 g/mol. The number of nitrogen functional groups attached to an aromatic ring is 1. The molecule has 33 heavy (non-hydrogen) atoms. The number of nitrogens with two attached hydrogens (primary N) is 1. The maximum absolute atomic E-state index is 13.0. The molecule has 9 heteroatoms. The molecule has 5 rings (SSSR count). The third-order valence-electron chi connectivity index (χ3n) is 6.15. The van der Waals surface area contributed by atoms with E-state index in [2.05, 4.69) is 16.1 Å². The lowest BCUT2D eigenvalue weighted by Gasteiger charge is -2.10. The zero-order valence-electron chi connectivity index (χ0n) is 17.8. The fraction of sp³-hybridized carbons (Fsp3) is 0.208. The lowest BCUT2D eigenvalue weighted by atomic mass is 10.0. The molecule has 0 saturated heterocycles. The number of aryl methyl sites for hydroxylation is 1. The number of pyridine rings is 1. The summed E-state index contributed by atoms with van der Waals surface area (Å²) in [5, 5.41) is 5.13. The van der Waals surface area contributed by atoms with Crippen LogP contribution in [-0.4, -0.2) is 32.0 Å². The first-order valence-corrected chi connectivity index (χ1v) is 10.5. The van der Waals surface area contributed by atoms with Crippen LogP contribution in [0.25, 0.3) is 22.0 Å². The van der Waals surface area contributed by atoms with Gasteiger partial charge in [-0.25, -0.2) is 4.79 Å². The lowest BCUT2D eigenvalue weighted by molar-refractivity contribution is -0.729. The predicted molar refractivity (Wildman–Crippen MR) is 120 cm³/mol. The quantitative estimate of drug-likeness (QED) is 0.468. The van der Waals surface area contributed by atoms with Gasteiger partial charge in [0.25, 0.3) is 0 Å². The Labute approximate surface area is 187 Å². The van der Waals surface area contributed by atoms with Gasteiger partial charge in [0.2, 0.25) is 0 Å². The number of benzene rings is 2. The van der Waals surface area contributed by atoms with Crippen molar-refractivity contribution in [3.63, 3.8) is 0 Å². The number of anilines is 1. The van der Waals surface area contributed by atoms with Crippen LogP contribution in [0.2, 0.25) is 0 Å². The zero-order valence-corrected chi connectivity index (χ0v) is 17.8. The van der Waals surface area contributed by atoms with Crippen LogP contribution in [0.15, 0.2) is 54.9 Å². The molecule has 0 bridgehead atoms. The van der Waals surface area contributed by atoms with Crippen molar-refractivity contribution in [2.75, 3.05) is 12.3 Å². The average Bonchev–Trinajstić information content (AvgIpc) is 3.33. The molecule has 2 aromatic carbocycles. The third-order valence-corrected chi connectivity index (χ3v) is 6.15. The highest BCUT2D eigenvalue weighted by Crippen LogP contribution is 2.33. The molecular formula is C24H22F3N5O+2. The SMILES string of the molecule is Cn1nc(N)c2c(-c3ccc4c(c3)CC[NH+]4C(=[OH+])Cc3cccc(C(F)(F)F)c3)cncc21. The van der Waals surface area contributed by atoms with Crippen LogP contribution in [-0.2, 0) is 26.1 Å². The lowest BCUT2D eigenvalue weighted by Crippen LogP contribution is -3.09. The monoisotopic (exact) mass is 453 g/mol. The van der Waals surface area contributed by atoms with E-state index < -0.39 is 11.7 Å². The van der Waals surface area contributed by atoms with Crippen LogP contribution in [0.3, 0.4) is 0 Å². The van der Waals surface area contributed by atoms with Crippen molar-refractivity contribution >= 4 is 28.3 Å². The Morgan fingerprint density at radius 3 is 2.79 bits per heavy atom. The van der Waals surface area contributed by atoms with Gasteiger partial charge in [-0.1, -0.05) is 18.2 Å². The number of aromatic nitrogens is 3. The standard InChI is InChI=1S/C24H20F3N5O/c1-31-20-13-29-12-18(22(20)23(28)30-31)15-5-6-19-16(11-15)7-8-32(19)21(33)10-14-3-2-4-17(9-14)24(25,26)27/h2-6,9,11-13H,7-8,10H2,1H3,(H2,28,30)/p+2. The van der Waals surface area contributed by atoms with Gasteiger partial charge in [0.1, 0.15) is 12.1 Å². The zero-order chi connectivity index (χ0) is 23.3. The van der Waals surface area contributed by atoms with Gasteiger partial charge in [0, 0.05) is 36.9 Å². The number of nitrogens with zero attached hydrogens (tertiary/aromatic N) is 3. The summed E-state index contributed by atoms with van der Waals surface area (Å²) < 4.78 is 40.7. The molecule has 0 radical (unpaired) electrons. The summed E-state index contributed by atoms with van der Waals surface area (Å²) in [5.41, 5.74) is 10.5. The van der Waals surface area contributed by atoms with Gasteiger partial charge in [0.15, 0.2) is 5.82 Å². The van der Waals surface area contributed by atoms with Gasteiger partial charge in [0.05, 0.1) is 29.2 Å². The maximum atomic E-state index is 13.0. The molecule has 6 nitrogen and oxygen atoms in total. The van der Waals surface area contributed by atoms with Crippen LogP contribution in [0.4, 0.5) is 24.7 Å². The van der Waals surface area contributed by atoms with Gasteiger partial charge in [-0.05, 0) is 29.3 Å². The number of alkyl halides is 3. The predicted octanol–water partition coefficient (Wildman–Crippen LogP) is 3.05. The molecule has 1 aliphatic heterocycles. The van der Waals surface area contributed by atoms with E-state index in [1.807, 2.05) is 19.2 Å². The van der Waals surface area contributed by atoms with E-state index in [1.54, 1.807) is 23.1 Å². The number of hydrogen-bond donors (Lipinski definition) is 2. The second-order valence-corrected chi connectivity index (χ2v) is 8.26. The summed E-state index contributed by atoms with van der Waals surface area (Å²) in [7, 11) is 1.82. The molecule has 3 heterocycles. The largest absolute Gasteiger partial charge is 0.488 e. The van der Waals surface area contributed by atoms with E-state index in [1.165, 1.54) is 6.07 Å². The van der Waals surface area contributed by atoms with Crippen molar-refractivity contribution in [1.29, 1.82) is 0 Å². The fourth-order valence-corrected chi connectivity index (χ4v) is 4.56. The molecule has 0 saturated carbocycles.